The normalized spacial score (nSPS) is 12.6. The molecule has 0 aliphatic heterocycles. The molecule has 27 heavy (non-hydrogen) atoms. The van der Waals surface area contributed by atoms with E-state index in [-0.39, 0.29) is 10.0 Å². The molecule has 2 rings (SSSR count). The summed E-state index contributed by atoms with van der Waals surface area (Å²) >= 11 is 17.5. The predicted molar refractivity (Wildman–Crippen MR) is 100 cm³/mol. The average molecular weight is 453 g/mol. The van der Waals surface area contributed by atoms with Gasteiger partial charge in [-0.15, -0.1) is 0 Å². The molecule has 2 aromatic carbocycles. The Bertz CT molecular complexity index is 992. The van der Waals surface area contributed by atoms with Gasteiger partial charge in [0.1, 0.15) is 4.90 Å². The molecule has 0 bridgehead atoms. The molecule has 0 fully saturated rings. The van der Waals surface area contributed by atoms with Crippen molar-refractivity contribution in [2.45, 2.75) is 17.4 Å². The van der Waals surface area contributed by atoms with Crippen LogP contribution in [0.15, 0.2) is 41.3 Å². The second-order valence-electron chi connectivity index (χ2n) is 5.39. The van der Waals surface area contributed by atoms with Crippen molar-refractivity contribution in [1.82, 2.24) is 4.72 Å². The fourth-order valence-corrected chi connectivity index (χ4v) is 4.45. The first-order valence-electron chi connectivity index (χ1n) is 7.23. The number of carboxylic acid groups (broad SMARTS) is 2. The Balaban J connectivity index is 2.47. The first-order chi connectivity index (χ1) is 12.5. The SMILES string of the molecule is O=C(O)CC(NS(=O)(=O)c1cc(C(=O)O)c(Cl)cc1Cl)c1ccc(Cl)cc1. The first kappa shape index (κ1) is 21.5. The van der Waals surface area contributed by atoms with Crippen molar-refractivity contribution in [1.29, 1.82) is 0 Å². The number of hydrogen-bond acceptors (Lipinski definition) is 4. The number of nitrogens with one attached hydrogen (secondary N) is 1. The van der Waals surface area contributed by atoms with Crippen molar-refractivity contribution in [3.63, 3.8) is 0 Å². The number of benzene rings is 2. The molecule has 0 heterocycles. The van der Waals surface area contributed by atoms with Crippen LogP contribution in [-0.2, 0) is 14.8 Å². The summed E-state index contributed by atoms with van der Waals surface area (Å²) in [7, 11) is -4.37. The number of aliphatic carboxylic acids is 1. The highest BCUT2D eigenvalue weighted by Crippen LogP contribution is 2.30. The highest BCUT2D eigenvalue weighted by molar-refractivity contribution is 7.89. The van der Waals surface area contributed by atoms with Crippen LogP contribution in [0.25, 0.3) is 0 Å². The smallest absolute Gasteiger partial charge is 0.337 e. The lowest BCUT2D eigenvalue weighted by molar-refractivity contribution is -0.137. The maximum Gasteiger partial charge on any atom is 0.337 e. The Kier molecular flexibility index (Phi) is 6.72. The van der Waals surface area contributed by atoms with Gasteiger partial charge in [-0.05, 0) is 29.8 Å². The monoisotopic (exact) mass is 451 g/mol. The Hall–Kier alpha value is -1.84. The van der Waals surface area contributed by atoms with E-state index in [4.69, 9.17) is 45.0 Å². The summed E-state index contributed by atoms with van der Waals surface area (Å²) < 4.78 is 27.7. The molecule has 0 radical (unpaired) electrons. The van der Waals surface area contributed by atoms with Crippen molar-refractivity contribution in [2.24, 2.45) is 0 Å². The van der Waals surface area contributed by atoms with Crippen LogP contribution in [0, 0.1) is 0 Å². The lowest BCUT2D eigenvalue weighted by atomic mass is 10.1. The van der Waals surface area contributed by atoms with Gasteiger partial charge in [0.25, 0.3) is 0 Å². The fraction of sp³-hybridized carbons (Fsp3) is 0.125. The third-order valence-electron chi connectivity index (χ3n) is 3.49. The van der Waals surface area contributed by atoms with Gasteiger partial charge in [-0.1, -0.05) is 46.9 Å². The maximum atomic E-state index is 12.7. The third-order valence-corrected chi connectivity index (χ3v) is 5.99. The lowest BCUT2D eigenvalue weighted by Crippen LogP contribution is -2.30. The second kappa shape index (κ2) is 8.45. The van der Waals surface area contributed by atoms with Crippen molar-refractivity contribution in [3.8, 4) is 0 Å². The van der Waals surface area contributed by atoms with E-state index in [0.717, 1.165) is 12.1 Å². The van der Waals surface area contributed by atoms with Gasteiger partial charge in [-0.2, -0.15) is 0 Å². The first-order valence-corrected chi connectivity index (χ1v) is 9.85. The third kappa shape index (κ3) is 5.33. The van der Waals surface area contributed by atoms with Gasteiger partial charge in [-0.3, -0.25) is 4.79 Å². The van der Waals surface area contributed by atoms with Crippen molar-refractivity contribution in [2.75, 3.05) is 0 Å². The maximum absolute atomic E-state index is 12.7. The van der Waals surface area contributed by atoms with E-state index >= 15 is 0 Å². The molecule has 1 atom stereocenters. The van der Waals surface area contributed by atoms with E-state index in [2.05, 4.69) is 4.72 Å². The van der Waals surface area contributed by atoms with Gasteiger partial charge in [0.05, 0.1) is 28.1 Å². The van der Waals surface area contributed by atoms with Crippen LogP contribution in [0.4, 0.5) is 0 Å². The summed E-state index contributed by atoms with van der Waals surface area (Å²) in [5.41, 5.74) is -0.100. The predicted octanol–water partition coefficient (Wildman–Crippen LogP) is 3.84. The summed E-state index contributed by atoms with van der Waals surface area (Å²) in [5.74, 6) is -2.68. The molecule has 3 N–H and O–H groups in total. The molecule has 11 heteroatoms. The molecule has 144 valence electrons. The molecule has 0 aliphatic carbocycles. The van der Waals surface area contributed by atoms with Crippen LogP contribution < -0.4 is 4.72 Å². The number of carboxylic acids is 2. The highest BCUT2D eigenvalue weighted by Gasteiger charge is 2.27. The number of halogens is 3. The van der Waals surface area contributed by atoms with E-state index < -0.39 is 44.9 Å². The van der Waals surface area contributed by atoms with Gasteiger partial charge in [0, 0.05) is 5.02 Å². The summed E-state index contributed by atoms with van der Waals surface area (Å²) in [4.78, 5) is 21.8. The summed E-state index contributed by atoms with van der Waals surface area (Å²) in [6, 6.07) is 6.60. The standard InChI is InChI=1S/C16H12Cl3NO6S/c17-9-3-1-8(2-4-9)13(7-15(21)22)20-27(25,26)14-5-10(16(23)24)11(18)6-12(14)19/h1-6,13,20H,7H2,(H,21,22)(H,23,24). The van der Waals surface area contributed by atoms with E-state index in [0.29, 0.717) is 10.6 Å². The minimum absolute atomic E-state index is 0.230. The van der Waals surface area contributed by atoms with Gasteiger partial charge < -0.3 is 10.2 Å². The van der Waals surface area contributed by atoms with Crippen LogP contribution in [-0.4, -0.2) is 30.6 Å². The van der Waals surface area contributed by atoms with Crippen LogP contribution >= 0.6 is 34.8 Å². The Labute approximate surface area is 169 Å². The second-order valence-corrected chi connectivity index (χ2v) is 8.32. The Morgan fingerprint density at radius 2 is 1.59 bits per heavy atom. The molecule has 2 aromatic rings. The molecular formula is C16H12Cl3NO6S. The van der Waals surface area contributed by atoms with Crippen molar-refractivity contribution < 1.29 is 28.2 Å². The number of aromatic carboxylic acids is 1. The van der Waals surface area contributed by atoms with Crippen LogP contribution in [0.3, 0.4) is 0 Å². The molecule has 0 aliphatic rings. The Morgan fingerprint density at radius 1 is 1.00 bits per heavy atom. The van der Waals surface area contributed by atoms with Crippen LogP contribution in [0.2, 0.25) is 15.1 Å². The molecule has 0 aromatic heterocycles. The van der Waals surface area contributed by atoms with Gasteiger partial charge in [0.15, 0.2) is 0 Å². The number of hydrogen-bond donors (Lipinski definition) is 3. The molecule has 1 unspecified atom stereocenters. The summed E-state index contributed by atoms with van der Waals surface area (Å²) in [6.45, 7) is 0. The summed E-state index contributed by atoms with van der Waals surface area (Å²) in [5, 5.41) is 18.1. The van der Waals surface area contributed by atoms with Crippen molar-refractivity contribution in [3.05, 3.63) is 62.6 Å². The zero-order chi connectivity index (χ0) is 20.4. The van der Waals surface area contributed by atoms with E-state index in [9.17, 15) is 18.0 Å². The zero-order valence-corrected chi connectivity index (χ0v) is 16.4. The largest absolute Gasteiger partial charge is 0.481 e. The Morgan fingerprint density at radius 3 is 2.11 bits per heavy atom. The summed E-state index contributed by atoms with van der Waals surface area (Å²) in [6.07, 6.45) is -0.558. The van der Waals surface area contributed by atoms with Gasteiger partial charge >= 0.3 is 11.9 Å². The lowest BCUT2D eigenvalue weighted by Gasteiger charge is -2.18. The fourth-order valence-electron chi connectivity index (χ4n) is 2.25. The topological polar surface area (TPSA) is 121 Å². The number of sulfonamides is 1. The van der Waals surface area contributed by atoms with Crippen LogP contribution in [0.1, 0.15) is 28.4 Å². The van der Waals surface area contributed by atoms with E-state index in [1.54, 1.807) is 0 Å². The molecular weight excluding hydrogens is 441 g/mol. The molecule has 0 saturated carbocycles. The molecule has 0 spiro atoms. The van der Waals surface area contributed by atoms with E-state index in [1.165, 1.54) is 24.3 Å². The number of carbonyl (C=O) groups is 2. The van der Waals surface area contributed by atoms with Crippen molar-refractivity contribution >= 4 is 56.8 Å². The quantitative estimate of drug-likeness (QED) is 0.587. The van der Waals surface area contributed by atoms with E-state index in [1.807, 2.05) is 0 Å². The zero-order valence-electron chi connectivity index (χ0n) is 13.3. The van der Waals surface area contributed by atoms with Gasteiger partial charge in [-0.25, -0.2) is 17.9 Å². The molecule has 0 amide bonds. The highest BCUT2D eigenvalue weighted by atomic mass is 35.5. The average Bonchev–Trinajstić information content (AvgIpc) is 2.53. The van der Waals surface area contributed by atoms with Gasteiger partial charge in [0.2, 0.25) is 10.0 Å². The van der Waals surface area contributed by atoms with Crippen LogP contribution in [0.5, 0.6) is 0 Å². The molecule has 0 saturated heterocycles. The minimum Gasteiger partial charge on any atom is -0.481 e. The molecule has 7 nitrogen and oxygen atoms in total. The minimum atomic E-state index is -4.37. The number of rotatable bonds is 7.